The summed E-state index contributed by atoms with van der Waals surface area (Å²) in [5, 5.41) is 8.84. The van der Waals surface area contributed by atoms with Crippen LogP contribution in [-0.2, 0) is 16.8 Å². The molecule has 0 atom stereocenters. The van der Waals surface area contributed by atoms with Gasteiger partial charge in [-0.3, -0.25) is 9.52 Å². The number of fused-ring (bicyclic) bond motifs is 1. The molecule has 0 aliphatic heterocycles. The van der Waals surface area contributed by atoms with Crippen molar-refractivity contribution in [2.24, 2.45) is 5.14 Å². The largest absolute Gasteiger partial charge is 0.347 e. The summed E-state index contributed by atoms with van der Waals surface area (Å²) in [7, 11) is -3.85. The predicted octanol–water partition coefficient (Wildman–Crippen LogP) is 2.73. The first kappa shape index (κ1) is 19.7. The van der Waals surface area contributed by atoms with Crippen LogP contribution in [0.25, 0.3) is 10.2 Å². The van der Waals surface area contributed by atoms with Crippen LogP contribution in [0.15, 0.2) is 24.3 Å². The highest BCUT2D eigenvalue weighted by Gasteiger charge is 2.28. The molecule has 10 heteroatoms. The van der Waals surface area contributed by atoms with Gasteiger partial charge in [0.15, 0.2) is 0 Å². The summed E-state index contributed by atoms with van der Waals surface area (Å²) in [5.74, 6) is 1.14. The molecule has 1 aliphatic rings. The summed E-state index contributed by atoms with van der Waals surface area (Å²) in [6.45, 7) is 4.13. The SMILES string of the molecule is Cc1nc(C2CC2)nc2sc(C(=O)NCc3cccc(NS(N)(=O)=O)c3)c(C)c12. The first-order valence-electron chi connectivity index (χ1n) is 9.16. The Balaban J connectivity index is 1.53. The molecular weight excluding hydrogens is 410 g/mol. The molecule has 29 heavy (non-hydrogen) atoms. The lowest BCUT2D eigenvalue weighted by Crippen LogP contribution is -2.23. The maximum absolute atomic E-state index is 12.8. The molecular formula is C19H21N5O3S2. The second-order valence-electron chi connectivity index (χ2n) is 7.21. The highest BCUT2D eigenvalue weighted by molar-refractivity contribution is 7.90. The van der Waals surface area contributed by atoms with Crippen molar-refractivity contribution in [2.45, 2.75) is 39.2 Å². The summed E-state index contributed by atoms with van der Waals surface area (Å²) < 4.78 is 24.6. The standard InChI is InChI=1S/C19H21N5O3S2/c1-10-15-11(2)22-17(13-6-7-13)23-19(15)28-16(10)18(25)21-9-12-4-3-5-14(8-12)24-29(20,26)27/h3-5,8,13,24H,6-7,9H2,1-2H3,(H,21,25)(H2,20,26,27). The Morgan fingerprint density at radius 2 is 2.03 bits per heavy atom. The fraction of sp³-hybridized carbons (Fsp3) is 0.316. The lowest BCUT2D eigenvalue weighted by Gasteiger charge is -2.08. The Morgan fingerprint density at radius 3 is 2.72 bits per heavy atom. The summed E-state index contributed by atoms with van der Waals surface area (Å²) in [5.41, 5.74) is 2.88. The Kier molecular flexibility index (Phi) is 5.01. The van der Waals surface area contributed by atoms with Crippen LogP contribution in [0.2, 0.25) is 0 Å². The average Bonchev–Trinajstić information content (AvgIpc) is 3.42. The lowest BCUT2D eigenvalue weighted by atomic mass is 10.1. The zero-order chi connectivity index (χ0) is 20.8. The normalized spacial score (nSPS) is 14.2. The Bertz CT molecular complexity index is 1220. The number of hydrogen-bond acceptors (Lipinski definition) is 6. The predicted molar refractivity (Wildman–Crippen MR) is 113 cm³/mol. The number of nitrogens with two attached hydrogens (primary N) is 1. The molecule has 1 saturated carbocycles. The van der Waals surface area contributed by atoms with Crippen molar-refractivity contribution in [1.82, 2.24) is 15.3 Å². The number of rotatable bonds is 6. The van der Waals surface area contributed by atoms with Crippen LogP contribution in [0.5, 0.6) is 0 Å². The zero-order valence-electron chi connectivity index (χ0n) is 16.0. The quantitative estimate of drug-likeness (QED) is 0.553. The van der Waals surface area contributed by atoms with E-state index in [4.69, 9.17) is 5.14 Å². The average molecular weight is 432 g/mol. The van der Waals surface area contributed by atoms with Gasteiger partial charge >= 0.3 is 0 Å². The van der Waals surface area contributed by atoms with Crippen molar-refractivity contribution in [3.63, 3.8) is 0 Å². The van der Waals surface area contributed by atoms with Crippen LogP contribution in [0.1, 0.15) is 51.1 Å². The molecule has 1 aliphatic carbocycles. The number of nitrogens with one attached hydrogen (secondary N) is 2. The fourth-order valence-electron chi connectivity index (χ4n) is 3.27. The van der Waals surface area contributed by atoms with Gasteiger partial charge in [0.2, 0.25) is 0 Å². The molecule has 1 amide bonds. The summed E-state index contributed by atoms with van der Waals surface area (Å²) >= 11 is 1.38. The minimum Gasteiger partial charge on any atom is -0.347 e. The molecule has 0 unspecified atom stereocenters. The van der Waals surface area contributed by atoms with Gasteiger partial charge in [-0.1, -0.05) is 12.1 Å². The highest BCUT2D eigenvalue weighted by Crippen LogP contribution is 2.40. The summed E-state index contributed by atoms with van der Waals surface area (Å²) in [4.78, 5) is 23.6. The number of hydrogen-bond donors (Lipinski definition) is 3. The molecule has 0 radical (unpaired) electrons. The molecule has 152 valence electrons. The smallest absolute Gasteiger partial charge is 0.296 e. The zero-order valence-corrected chi connectivity index (χ0v) is 17.7. The van der Waals surface area contributed by atoms with Gasteiger partial charge in [0.1, 0.15) is 10.7 Å². The van der Waals surface area contributed by atoms with Crippen molar-refractivity contribution >= 4 is 43.4 Å². The third-order valence-electron chi connectivity index (χ3n) is 4.78. The maximum atomic E-state index is 12.8. The van der Waals surface area contributed by atoms with Gasteiger partial charge in [-0.2, -0.15) is 8.42 Å². The number of carbonyl (C=O) groups is 1. The number of aryl methyl sites for hydroxylation is 2. The van der Waals surface area contributed by atoms with Crippen LogP contribution in [0.4, 0.5) is 5.69 Å². The number of anilines is 1. The fourth-order valence-corrected chi connectivity index (χ4v) is 4.88. The first-order chi connectivity index (χ1) is 13.7. The van der Waals surface area contributed by atoms with Crippen molar-refractivity contribution < 1.29 is 13.2 Å². The second-order valence-corrected chi connectivity index (χ2v) is 9.50. The van der Waals surface area contributed by atoms with Gasteiger partial charge in [-0.25, -0.2) is 15.1 Å². The molecule has 8 nitrogen and oxygen atoms in total. The number of nitrogens with zero attached hydrogens (tertiary/aromatic N) is 2. The van der Waals surface area contributed by atoms with Crippen LogP contribution in [-0.4, -0.2) is 24.3 Å². The third-order valence-corrected chi connectivity index (χ3v) is 6.48. The molecule has 0 bridgehead atoms. The lowest BCUT2D eigenvalue weighted by molar-refractivity contribution is 0.0954. The van der Waals surface area contributed by atoms with Crippen molar-refractivity contribution in [2.75, 3.05) is 4.72 Å². The number of benzene rings is 1. The molecule has 1 aromatic carbocycles. The molecule has 4 rings (SSSR count). The third kappa shape index (κ3) is 4.39. The van der Waals surface area contributed by atoms with Crippen LogP contribution in [0, 0.1) is 13.8 Å². The molecule has 4 N–H and O–H groups in total. The van der Waals surface area contributed by atoms with Gasteiger partial charge in [0, 0.05) is 17.8 Å². The van der Waals surface area contributed by atoms with Gasteiger partial charge in [0.05, 0.1) is 16.3 Å². The van der Waals surface area contributed by atoms with Crippen molar-refractivity contribution in [3.05, 3.63) is 51.8 Å². The molecule has 3 aromatic rings. The topological polar surface area (TPSA) is 127 Å². The number of carbonyl (C=O) groups excluding carboxylic acids is 1. The first-order valence-corrected chi connectivity index (χ1v) is 11.5. The Labute approximate surface area is 172 Å². The second kappa shape index (κ2) is 7.36. The van der Waals surface area contributed by atoms with E-state index in [0.717, 1.165) is 45.7 Å². The van der Waals surface area contributed by atoms with Crippen molar-refractivity contribution in [3.8, 4) is 0 Å². The minimum absolute atomic E-state index is 0.192. The Morgan fingerprint density at radius 1 is 1.28 bits per heavy atom. The van der Waals surface area contributed by atoms with Crippen LogP contribution < -0.4 is 15.2 Å². The van der Waals surface area contributed by atoms with Gasteiger partial charge < -0.3 is 5.32 Å². The van der Waals surface area contributed by atoms with E-state index >= 15 is 0 Å². The number of amides is 1. The highest BCUT2D eigenvalue weighted by atomic mass is 32.2. The van der Waals surface area contributed by atoms with E-state index in [1.54, 1.807) is 24.3 Å². The molecule has 2 heterocycles. The molecule has 2 aromatic heterocycles. The number of thiophene rings is 1. The van der Waals surface area contributed by atoms with E-state index in [2.05, 4.69) is 20.0 Å². The van der Waals surface area contributed by atoms with Gasteiger partial charge in [-0.15, -0.1) is 11.3 Å². The summed E-state index contributed by atoms with van der Waals surface area (Å²) in [6.07, 6.45) is 2.25. The van der Waals surface area contributed by atoms with Gasteiger partial charge in [0.25, 0.3) is 16.1 Å². The monoisotopic (exact) mass is 431 g/mol. The van der Waals surface area contributed by atoms with E-state index in [-0.39, 0.29) is 12.5 Å². The van der Waals surface area contributed by atoms with Crippen molar-refractivity contribution in [1.29, 1.82) is 0 Å². The van der Waals surface area contributed by atoms with E-state index in [1.807, 2.05) is 13.8 Å². The van der Waals surface area contributed by atoms with Crippen LogP contribution in [0.3, 0.4) is 0 Å². The minimum atomic E-state index is -3.85. The number of aromatic nitrogens is 2. The molecule has 0 saturated heterocycles. The van der Waals surface area contributed by atoms with E-state index in [1.165, 1.54) is 11.3 Å². The molecule has 0 spiro atoms. The van der Waals surface area contributed by atoms with E-state index in [9.17, 15) is 13.2 Å². The van der Waals surface area contributed by atoms with Gasteiger partial charge in [-0.05, 0) is 49.9 Å². The Hall–Kier alpha value is -2.56. The van der Waals surface area contributed by atoms with Crippen LogP contribution >= 0.6 is 11.3 Å². The van der Waals surface area contributed by atoms with E-state index in [0.29, 0.717) is 16.5 Å². The molecule has 1 fully saturated rings. The summed E-state index contributed by atoms with van der Waals surface area (Å²) in [6, 6.07) is 6.70. The maximum Gasteiger partial charge on any atom is 0.296 e. The van der Waals surface area contributed by atoms with E-state index < -0.39 is 10.2 Å².